The van der Waals surface area contributed by atoms with Crippen LogP contribution in [-0.4, -0.2) is 23.6 Å². The molecule has 6 rings (SSSR count). The van der Waals surface area contributed by atoms with Crippen LogP contribution in [0.5, 0.6) is 0 Å². The van der Waals surface area contributed by atoms with Crippen LogP contribution in [0.3, 0.4) is 0 Å². The zero-order valence-electron chi connectivity index (χ0n) is 25.3. The zero-order chi connectivity index (χ0) is 32.8. The van der Waals surface area contributed by atoms with Crippen molar-refractivity contribution in [3.8, 4) is 0 Å². The van der Waals surface area contributed by atoms with Crippen LogP contribution in [-0.2, 0) is 23.1 Å². The average molecular weight is 642 g/mol. The maximum absolute atomic E-state index is 14.1. The van der Waals surface area contributed by atoms with Gasteiger partial charge >= 0.3 is 0 Å². The number of nitrogens with zero attached hydrogens (tertiary/aromatic N) is 2. The van der Waals surface area contributed by atoms with Gasteiger partial charge < -0.3 is 5.32 Å². The van der Waals surface area contributed by atoms with E-state index < -0.39 is 20.6 Å². The normalized spacial score (nSPS) is 11.5. The van der Waals surface area contributed by atoms with Crippen molar-refractivity contribution in [2.24, 2.45) is 0 Å². The van der Waals surface area contributed by atoms with Crippen molar-refractivity contribution in [1.29, 1.82) is 0 Å². The second kappa shape index (κ2) is 13.8. The van der Waals surface area contributed by atoms with Gasteiger partial charge in [0.15, 0.2) is 4.90 Å². The van der Waals surface area contributed by atoms with E-state index in [0.717, 1.165) is 27.5 Å². The number of nitro benzene ring substituents is 1. The van der Waals surface area contributed by atoms with Crippen molar-refractivity contribution in [2.75, 3.05) is 0 Å². The Morgan fingerprint density at radius 3 is 1.91 bits per heavy atom. The van der Waals surface area contributed by atoms with Gasteiger partial charge in [-0.2, -0.15) is 4.31 Å². The average Bonchev–Trinajstić information content (AvgIpc) is 3.11. The van der Waals surface area contributed by atoms with Crippen LogP contribution in [0.4, 0.5) is 5.69 Å². The van der Waals surface area contributed by atoms with Crippen LogP contribution in [0.1, 0.15) is 38.7 Å². The number of nitrogens with one attached hydrogen (secondary N) is 1. The van der Waals surface area contributed by atoms with Gasteiger partial charge in [-0.25, -0.2) is 8.42 Å². The third kappa shape index (κ3) is 6.96. The first kappa shape index (κ1) is 31.3. The number of carbonyl (C=O) groups is 1. The fourth-order valence-corrected chi connectivity index (χ4v) is 7.20. The Labute approximate surface area is 273 Å². The standard InChI is InChI=1S/C38H31N3O5S/c42-38(39-37(30-13-3-1-4-14-30)31-15-5-2-6-16-31)32-24-22-28(23-25-32)26-40(27-33-18-11-17-29-12-7-8-19-34(29)33)47(45,46)36-21-10-9-20-35(36)41(43)44/h1-25,37H,26-27H2,(H,39,42). The summed E-state index contributed by atoms with van der Waals surface area (Å²) in [5.74, 6) is -0.283. The molecule has 0 aromatic heterocycles. The quantitative estimate of drug-likeness (QED) is 0.115. The van der Waals surface area contributed by atoms with Crippen molar-refractivity contribution >= 4 is 32.4 Å². The molecule has 0 aliphatic carbocycles. The van der Waals surface area contributed by atoms with Crippen LogP contribution in [0, 0.1) is 10.1 Å². The first-order chi connectivity index (χ1) is 22.8. The third-order valence-corrected chi connectivity index (χ3v) is 9.86. The minimum atomic E-state index is -4.33. The summed E-state index contributed by atoms with van der Waals surface area (Å²) in [7, 11) is -4.33. The highest BCUT2D eigenvalue weighted by atomic mass is 32.2. The van der Waals surface area contributed by atoms with Crippen LogP contribution in [0.2, 0.25) is 0 Å². The SMILES string of the molecule is O=C(NC(c1ccccc1)c1ccccc1)c1ccc(CN(Cc2cccc3ccccc23)S(=O)(=O)c2ccccc2[N+](=O)[O-])cc1. The predicted octanol–water partition coefficient (Wildman–Crippen LogP) is 7.66. The molecule has 9 heteroatoms. The Balaban J connectivity index is 1.30. The van der Waals surface area contributed by atoms with Crippen LogP contribution in [0.15, 0.2) is 157 Å². The molecule has 8 nitrogen and oxygen atoms in total. The Bertz CT molecular complexity index is 2090. The molecule has 0 spiro atoms. The number of amides is 1. The zero-order valence-corrected chi connectivity index (χ0v) is 26.1. The van der Waals surface area contributed by atoms with Gasteiger partial charge in [0.2, 0.25) is 0 Å². The highest BCUT2D eigenvalue weighted by molar-refractivity contribution is 7.89. The second-order valence-electron chi connectivity index (χ2n) is 11.1. The Hall–Kier alpha value is -5.64. The number of para-hydroxylation sites is 1. The molecule has 0 radical (unpaired) electrons. The molecule has 0 heterocycles. The van der Waals surface area contributed by atoms with E-state index in [1.807, 2.05) is 103 Å². The molecule has 0 aliphatic heterocycles. The second-order valence-corrected chi connectivity index (χ2v) is 13.0. The van der Waals surface area contributed by atoms with Crippen LogP contribution >= 0.6 is 0 Å². The Morgan fingerprint density at radius 1 is 0.681 bits per heavy atom. The largest absolute Gasteiger partial charge is 0.341 e. The molecule has 1 amide bonds. The van der Waals surface area contributed by atoms with Gasteiger partial charge in [-0.1, -0.05) is 127 Å². The summed E-state index contributed by atoms with van der Waals surface area (Å²) >= 11 is 0. The smallest absolute Gasteiger partial charge is 0.289 e. The topological polar surface area (TPSA) is 110 Å². The summed E-state index contributed by atoms with van der Waals surface area (Å²) in [6.07, 6.45) is 0. The third-order valence-electron chi connectivity index (χ3n) is 8.02. The molecule has 0 atom stereocenters. The molecule has 0 fully saturated rings. The van der Waals surface area contributed by atoms with E-state index in [-0.39, 0.29) is 29.9 Å². The van der Waals surface area contributed by atoms with Crippen molar-refractivity contribution in [2.45, 2.75) is 24.0 Å². The molecule has 47 heavy (non-hydrogen) atoms. The van der Waals surface area contributed by atoms with Gasteiger partial charge in [0.25, 0.3) is 21.6 Å². The van der Waals surface area contributed by atoms with Crippen molar-refractivity contribution < 1.29 is 18.1 Å². The molecule has 1 N–H and O–H groups in total. The van der Waals surface area contributed by atoms with E-state index in [1.165, 1.54) is 28.6 Å². The van der Waals surface area contributed by atoms with Crippen molar-refractivity contribution in [3.63, 3.8) is 0 Å². The molecular formula is C38H31N3O5S. The minimum absolute atomic E-state index is 0.0200. The summed E-state index contributed by atoms with van der Waals surface area (Å²) in [5.41, 5.74) is 3.17. The summed E-state index contributed by atoms with van der Waals surface area (Å²) in [6, 6.07) is 44.4. The molecule has 0 aliphatic rings. The summed E-state index contributed by atoms with van der Waals surface area (Å²) in [5, 5.41) is 16.8. The lowest BCUT2D eigenvalue weighted by molar-refractivity contribution is -0.387. The molecular weight excluding hydrogens is 611 g/mol. The maximum atomic E-state index is 14.1. The van der Waals surface area contributed by atoms with Crippen LogP contribution < -0.4 is 5.32 Å². The van der Waals surface area contributed by atoms with E-state index >= 15 is 0 Å². The number of fused-ring (bicyclic) bond motifs is 1. The number of hydrogen-bond acceptors (Lipinski definition) is 5. The highest BCUT2D eigenvalue weighted by Crippen LogP contribution is 2.30. The van der Waals surface area contributed by atoms with Gasteiger partial charge in [0.05, 0.1) is 11.0 Å². The van der Waals surface area contributed by atoms with E-state index in [0.29, 0.717) is 11.1 Å². The predicted molar refractivity (Wildman–Crippen MR) is 182 cm³/mol. The van der Waals surface area contributed by atoms with Crippen molar-refractivity contribution in [3.05, 3.63) is 190 Å². The van der Waals surface area contributed by atoms with Crippen molar-refractivity contribution in [1.82, 2.24) is 9.62 Å². The van der Waals surface area contributed by atoms with Gasteiger partial charge in [-0.3, -0.25) is 14.9 Å². The van der Waals surface area contributed by atoms with Gasteiger partial charge in [0.1, 0.15) is 0 Å². The number of hydrogen-bond donors (Lipinski definition) is 1. The molecule has 0 unspecified atom stereocenters. The molecule has 234 valence electrons. The van der Waals surface area contributed by atoms with Gasteiger partial charge in [-0.05, 0) is 51.2 Å². The number of carbonyl (C=O) groups excluding carboxylic acids is 1. The highest BCUT2D eigenvalue weighted by Gasteiger charge is 2.32. The number of nitro groups is 1. The van der Waals surface area contributed by atoms with E-state index in [9.17, 15) is 23.3 Å². The lowest BCUT2D eigenvalue weighted by Gasteiger charge is -2.23. The molecule has 6 aromatic carbocycles. The summed E-state index contributed by atoms with van der Waals surface area (Å²) in [6.45, 7) is -0.0933. The Kier molecular flexibility index (Phi) is 9.19. The summed E-state index contributed by atoms with van der Waals surface area (Å²) < 4.78 is 29.5. The molecule has 0 saturated carbocycles. The Morgan fingerprint density at radius 2 is 1.26 bits per heavy atom. The minimum Gasteiger partial charge on any atom is -0.341 e. The van der Waals surface area contributed by atoms with E-state index in [2.05, 4.69) is 5.32 Å². The van der Waals surface area contributed by atoms with E-state index in [4.69, 9.17) is 0 Å². The molecule has 0 saturated heterocycles. The van der Waals surface area contributed by atoms with Gasteiger partial charge in [-0.15, -0.1) is 0 Å². The van der Waals surface area contributed by atoms with Crippen LogP contribution in [0.25, 0.3) is 10.8 Å². The van der Waals surface area contributed by atoms with E-state index in [1.54, 1.807) is 24.3 Å². The first-order valence-corrected chi connectivity index (χ1v) is 16.5. The lowest BCUT2D eigenvalue weighted by atomic mass is 9.98. The fourth-order valence-electron chi connectivity index (χ4n) is 5.64. The lowest BCUT2D eigenvalue weighted by Crippen LogP contribution is -2.31. The number of sulfonamides is 1. The first-order valence-electron chi connectivity index (χ1n) is 15.0. The summed E-state index contributed by atoms with van der Waals surface area (Å²) in [4.78, 5) is 24.2. The monoisotopic (exact) mass is 641 g/mol. The maximum Gasteiger partial charge on any atom is 0.289 e. The fraction of sp³-hybridized carbons (Fsp3) is 0.0789. The number of benzene rings is 6. The molecule has 0 bridgehead atoms. The molecule has 6 aromatic rings. The van der Waals surface area contributed by atoms with Gasteiger partial charge in [0, 0.05) is 24.7 Å². The number of rotatable bonds is 11.